The van der Waals surface area contributed by atoms with Crippen LogP contribution in [0.1, 0.15) is 32.3 Å². The largest absolute Gasteiger partial charge is 0.367 e. The van der Waals surface area contributed by atoms with E-state index in [0.717, 1.165) is 26.2 Å². The number of rotatable bonds is 5. The number of benzene rings is 1. The van der Waals surface area contributed by atoms with Crippen LogP contribution in [-0.2, 0) is 6.54 Å². The van der Waals surface area contributed by atoms with Crippen LogP contribution in [0.25, 0.3) is 0 Å². The fourth-order valence-electron chi connectivity index (χ4n) is 3.05. The molecule has 1 saturated heterocycles. The molecule has 3 nitrogen and oxygen atoms in total. The summed E-state index contributed by atoms with van der Waals surface area (Å²) in [4.78, 5) is 5.05. The molecule has 1 unspecified atom stereocenters. The maximum absolute atomic E-state index is 3.74. The van der Waals surface area contributed by atoms with E-state index >= 15 is 0 Å². The van der Waals surface area contributed by atoms with Crippen LogP contribution in [0, 0.1) is 0 Å². The maximum Gasteiger partial charge on any atom is 0.0414 e. The van der Waals surface area contributed by atoms with Gasteiger partial charge in [-0.05, 0) is 50.7 Å². The fraction of sp³-hybridized carbons (Fsp3) is 0.647. The third-order valence-corrected chi connectivity index (χ3v) is 5.05. The summed E-state index contributed by atoms with van der Waals surface area (Å²) < 4.78 is 1.22. The zero-order chi connectivity index (χ0) is 15.2. The number of halogens is 1. The van der Waals surface area contributed by atoms with Crippen molar-refractivity contribution in [3.63, 3.8) is 0 Å². The predicted molar refractivity (Wildman–Crippen MR) is 95.1 cm³/mol. The van der Waals surface area contributed by atoms with Gasteiger partial charge in [-0.3, -0.25) is 0 Å². The van der Waals surface area contributed by atoms with E-state index in [-0.39, 0.29) is 0 Å². The van der Waals surface area contributed by atoms with Crippen LogP contribution < -0.4 is 10.2 Å². The van der Waals surface area contributed by atoms with Crippen LogP contribution in [0.5, 0.6) is 0 Å². The van der Waals surface area contributed by atoms with E-state index in [1.165, 1.54) is 35.1 Å². The Morgan fingerprint density at radius 1 is 1.29 bits per heavy atom. The molecule has 1 fully saturated rings. The lowest BCUT2D eigenvalue weighted by molar-refractivity contribution is 0.328. The maximum atomic E-state index is 3.74. The molecule has 0 bridgehead atoms. The summed E-state index contributed by atoms with van der Waals surface area (Å²) in [6.07, 6.45) is 2.44. The van der Waals surface area contributed by atoms with Gasteiger partial charge in [0, 0.05) is 35.8 Å². The van der Waals surface area contributed by atoms with Crippen LogP contribution in [-0.4, -0.2) is 44.2 Å². The Kier molecular flexibility index (Phi) is 6.52. The van der Waals surface area contributed by atoms with Gasteiger partial charge in [-0.25, -0.2) is 0 Å². The van der Waals surface area contributed by atoms with E-state index in [1.807, 2.05) is 0 Å². The number of nitrogens with one attached hydrogen (secondary N) is 1. The summed E-state index contributed by atoms with van der Waals surface area (Å²) in [6, 6.07) is 7.44. The number of anilines is 1. The molecule has 1 heterocycles. The summed E-state index contributed by atoms with van der Waals surface area (Å²) in [5.74, 6) is 0. The topological polar surface area (TPSA) is 18.5 Å². The first-order valence-electron chi connectivity index (χ1n) is 8.10. The van der Waals surface area contributed by atoms with Gasteiger partial charge in [-0.15, -0.1) is 0 Å². The average molecular weight is 354 g/mol. The lowest BCUT2D eigenvalue weighted by Crippen LogP contribution is -2.39. The fourth-order valence-corrected chi connectivity index (χ4v) is 3.56. The highest BCUT2D eigenvalue weighted by atomic mass is 79.9. The smallest absolute Gasteiger partial charge is 0.0414 e. The summed E-state index contributed by atoms with van der Waals surface area (Å²) in [5.41, 5.74) is 2.69. The molecule has 2 rings (SSSR count). The zero-order valence-corrected chi connectivity index (χ0v) is 15.1. The van der Waals surface area contributed by atoms with Crippen molar-refractivity contribution in [2.24, 2.45) is 0 Å². The minimum Gasteiger partial charge on any atom is -0.367 e. The molecule has 1 atom stereocenters. The standard InChI is InChI=1S/C17H28BrN3/c1-4-15-13-20(3)9-6-10-21(15)16-8-7-14(12-19-5-2)17(18)11-16/h7-8,11,15,19H,4-6,9-10,12-13H2,1-3H3. The summed E-state index contributed by atoms with van der Waals surface area (Å²) in [7, 11) is 2.24. The van der Waals surface area contributed by atoms with Gasteiger partial charge >= 0.3 is 0 Å². The second-order valence-corrected chi connectivity index (χ2v) is 6.78. The Morgan fingerprint density at radius 3 is 2.76 bits per heavy atom. The molecule has 0 spiro atoms. The van der Waals surface area contributed by atoms with Crippen molar-refractivity contribution in [3.8, 4) is 0 Å². The Balaban J connectivity index is 2.17. The minimum absolute atomic E-state index is 0.615. The molecule has 0 aromatic heterocycles. The van der Waals surface area contributed by atoms with Crippen molar-refractivity contribution in [1.82, 2.24) is 10.2 Å². The number of hydrogen-bond acceptors (Lipinski definition) is 3. The summed E-state index contributed by atoms with van der Waals surface area (Å²) in [5, 5.41) is 3.39. The van der Waals surface area contributed by atoms with E-state index in [1.54, 1.807) is 0 Å². The minimum atomic E-state index is 0.615. The normalized spacial score (nSPS) is 20.6. The van der Waals surface area contributed by atoms with Gasteiger partial charge in [-0.1, -0.05) is 35.8 Å². The first-order valence-corrected chi connectivity index (χ1v) is 8.89. The number of likely N-dealkylation sites (N-methyl/N-ethyl adjacent to an activating group) is 1. The van der Waals surface area contributed by atoms with Crippen molar-refractivity contribution in [2.75, 3.05) is 38.1 Å². The molecule has 0 aliphatic carbocycles. The highest BCUT2D eigenvalue weighted by Gasteiger charge is 2.22. The molecule has 1 aliphatic rings. The molecule has 21 heavy (non-hydrogen) atoms. The van der Waals surface area contributed by atoms with Gasteiger partial charge in [0.15, 0.2) is 0 Å². The molecule has 1 N–H and O–H groups in total. The van der Waals surface area contributed by atoms with E-state index in [2.05, 4.69) is 70.1 Å². The van der Waals surface area contributed by atoms with E-state index in [0.29, 0.717) is 6.04 Å². The molecule has 1 aromatic carbocycles. The van der Waals surface area contributed by atoms with Gasteiger partial charge in [0.05, 0.1) is 0 Å². The van der Waals surface area contributed by atoms with E-state index in [9.17, 15) is 0 Å². The van der Waals surface area contributed by atoms with Crippen LogP contribution in [0.2, 0.25) is 0 Å². The SMILES string of the molecule is CCNCc1ccc(N2CCCN(C)CC2CC)cc1Br. The highest BCUT2D eigenvalue weighted by Crippen LogP contribution is 2.27. The molecule has 1 aromatic rings. The predicted octanol–water partition coefficient (Wildman–Crippen LogP) is 3.48. The van der Waals surface area contributed by atoms with Gasteiger partial charge < -0.3 is 15.1 Å². The molecule has 0 amide bonds. The van der Waals surface area contributed by atoms with Crippen LogP contribution >= 0.6 is 15.9 Å². The molecular weight excluding hydrogens is 326 g/mol. The van der Waals surface area contributed by atoms with Crippen molar-refractivity contribution in [2.45, 2.75) is 39.3 Å². The van der Waals surface area contributed by atoms with E-state index in [4.69, 9.17) is 0 Å². The van der Waals surface area contributed by atoms with Crippen molar-refractivity contribution < 1.29 is 0 Å². The molecule has 118 valence electrons. The second kappa shape index (κ2) is 8.16. The van der Waals surface area contributed by atoms with Gasteiger partial charge in [0.1, 0.15) is 0 Å². The van der Waals surface area contributed by atoms with Gasteiger partial charge in [0.25, 0.3) is 0 Å². The van der Waals surface area contributed by atoms with Crippen molar-refractivity contribution in [3.05, 3.63) is 28.2 Å². The quantitative estimate of drug-likeness (QED) is 0.873. The molecule has 0 radical (unpaired) electrons. The average Bonchev–Trinajstić information content (AvgIpc) is 2.67. The molecule has 1 aliphatic heterocycles. The molecule has 4 heteroatoms. The van der Waals surface area contributed by atoms with Crippen molar-refractivity contribution in [1.29, 1.82) is 0 Å². The number of hydrogen-bond donors (Lipinski definition) is 1. The lowest BCUT2D eigenvalue weighted by atomic mass is 10.1. The molecule has 0 saturated carbocycles. The van der Waals surface area contributed by atoms with E-state index < -0.39 is 0 Å². The monoisotopic (exact) mass is 353 g/mol. The van der Waals surface area contributed by atoms with Crippen LogP contribution in [0.3, 0.4) is 0 Å². The summed E-state index contributed by atoms with van der Waals surface area (Å²) in [6.45, 7) is 9.89. The Morgan fingerprint density at radius 2 is 2.10 bits per heavy atom. The third-order valence-electron chi connectivity index (χ3n) is 4.31. The lowest BCUT2D eigenvalue weighted by Gasteiger charge is -2.32. The Hall–Kier alpha value is -0.580. The zero-order valence-electron chi connectivity index (χ0n) is 13.5. The highest BCUT2D eigenvalue weighted by molar-refractivity contribution is 9.10. The summed E-state index contributed by atoms with van der Waals surface area (Å²) >= 11 is 3.74. The third kappa shape index (κ3) is 4.44. The number of nitrogens with zero attached hydrogens (tertiary/aromatic N) is 2. The second-order valence-electron chi connectivity index (χ2n) is 5.93. The first kappa shape index (κ1) is 16.8. The van der Waals surface area contributed by atoms with Gasteiger partial charge in [0.2, 0.25) is 0 Å². The Labute approximate surface area is 137 Å². The van der Waals surface area contributed by atoms with Crippen molar-refractivity contribution >= 4 is 21.6 Å². The van der Waals surface area contributed by atoms with Gasteiger partial charge in [-0.2, -0.15) is 0 Å². The molecular formula is C17H28BrN3. The first-order chi connectivity index (χ1) is 10.2. The van der Waals surface area contributed by atoms with Crippen LogP contribution in [0.4, 0.5) is 5.69 Å². The Bertz CT molecular complexity index is 450. The van der Waals surface area contributed by atoms with Crippen LogP contribution in [0.15, 0.2) is 22.7 Å².